The summed E-state index contributed by atoms with van der Waals surface area (Å²) in [5, 5.41) is 4.88. The molecule has 4 nitrogen and oxygen atoms in total. The molecule has 1 aromatic carbocycles. The maximum absolute atomic E-state index is 12.3. The van der Waals surface area contributed by atoms with Crippen LogP contribution in [0.2, 0.25) is 5.02 Å². The highest BCUT2D eigenvalue weighted by molar-refractivity contribution is 6.45. The van der Waals surface area contributed by atoms with E-state index in [0.717, 1.165) is 22.5 Å². The van der Waals surface area contributed by atoms with Crippen molar-refractivity contribution in [3.63, 3.8) is 0 Å². The van der Waals surface area contributed by atoms with Crippen LogP contribution in [0.3, 0.4) is 0 Å². The van der Waals surface area contributed by atoms with Gasteiger partial charge in [-0.1, -0.05) is 23.2 Å². The van der Waals surface area contributed by atoms with E-state index < -0.39 is 12.1 Å². The highest BCUT2D eigenvalue weighted by Gasteiger charge is 2.32. The van der Waals surface area contributed by atoms with Gasteiger partial charge in [0.25, 0.3) is 0 Å². The molecule has 2 aromatic rings. The molecule has 0 saturated carbocycles. The molecule has 0 unspecified atom stereocenters. The van der Waals surface area contributed by atoms with Crippen molar-refractivity contribution in [2.45, 2.75) is 26.1 Å². The van der Waals surface area contributed by atoms with Crippen LogP contribution in [0, 0.1) is 6.92 Å². The van der Waals surface area contributed by atoms with Gasteiger partial charge in [-0.3, -0.25) is 0 Å². The summed E-state index contributed by atoms with van der Waals surface area (Å²) in [5.41, 5.74) is 8.03. The number of nitrogens with one attached hydrogen (secondary N) is 1. The lowest BCUT2D eigenvalue weighted by molar-refractivity contribution is -0.274. The van der Waals surface area contributed by atoms with Gasteiger partial charge < -0.3 is 15.8 Å². The number of aromatic nitrogens is 1. The topological polar surface area (TPSA) is 60.2 Å². The van der Waals surface area contributed by atoms with Crippen LogP contribution in [0.5, 0.6) is 5.75 Å². The Bertz CT molecular complexity index is 990. The first-order valence-corrected chi connectivity index (χ1v) is 8.37. The third kappa shape index (κ3) is 3.99. The van der Waals surface area contributed by atoms with E-state index >= 15 is 0 Å². The van der Waals surface area contributed by atoms with E-state index in [1.807, 2.05) is 13.0 Å². The Kier molecular flexibility index (Phi) is 4.94. The van der Waals surface area contributed by atoms with E-state index in [9.17, 15) is 13.2 Å². The number of halogens is 5. The molecule has 1 heterocycles. The molecule has 0 aliphatic heterocycles. The molecular weight excluding hydrogens is 390 g/mol. The number of ether oxygens (including phenoxy) is 1. The molecule has 3 N–H and O–H groups in total. The second-order valence-electron chi connectivity index (χ2n) is 5.80. The van der Waals surface area contributed by atoms with Crippen molar-refractivity contribution in [2.75, 3.05) is 5.32 Å². The zero-order chi connectivity index (χ0) is 19.1. The molecule has 1 aromatic heterocycles. The van der Waals surface area contributed by atoms with Crippen molar-refractivity contribution in [1.82, 2.24) is 4.98 Å². The number of pyridine rings is 1. The van der Waals surface area contributed by atoms with Crippen molar-refractivity contribution in [1.29, 1.82) is 0 Å². The number of aryl methyl sites for hydroxylation is 1. The maximum Gasteiger partial charge on any atom is 0.573 e. The van der Waals surface area contributed by atoms with Crippen molar-refractivity contribution < 1.29 is 17.9 Å². The monoisotopic (exact) mass is 403 g/mol. The number of anilines is 2. The summed E-state index contributed by atoms with van der Waals surface area (Å²) >= 11 is 12.1. The van der Waals surface area contributed by atoms with Gasteiger partial charge in [-0.05, 0) is 49.6 Å². The fraction of sp³-hybridized carbons (Fsp3) is 0.235. The Hall–Kier alpha value is -2.12. The molecule has 3 rings (SSSR count). The molecule has 26 heavy (non-hydrogen) atoms. The molecule has 1 aliphatic carbocycles. The van der Waals surface area contributed by atoms with Crippen molar-refractivity contribution in [3.8, 4) is 5.75 Å². The Morgan fingerprint density at radius 2 is 1.92 bits per heavy atom. The van der Waals surface area contributed by atoms with E-state index in [2.05, 4.69) is 15.0 Å². The zero-order valence-corrected chi connectivity index (χ0v) is 15.1. The first kappa shape index (κ1) is 18.7. The van der Waals surface area contributed by atoms with E-state index in [4.69, 9.17) is 28.9 Å². The predicted molar refractivity (Wildman–Crippen MR) is 95.7 cm³/mol. The lowest BCUT2D eigenvalue weighted by Gasteiger charge is -2.15. The first-order chi connectivity index (χ1) is 12.1. The van der Waals surface area contributed by atoms with Gasteiger partial charge in [-0.2, -0.15) is 0 Å². The normalized spacial score (nSPS) is 14.2. The van der Waals surface area contributed by atoms with Gasteiger partial charge in [-0.15, -0.1) is 13.2 Å². The quantitative estimate of drug-likeness (QED) is 0.815. The smallest absolute Gasteiger partial charge is 0.404 e. The summed E-state index contributed by atoms with van der Waals surface area (Å²) in [6, 6.07) is 5.76. The molecule has 0 spiro atoms. The van der Waals surface area contributed by atoms with Crippen LogP contribution in [-0.2, 0) is 0 Å². The van der Waals surface area contributed by atoms with Crippen LogP contribution in [-0.4, -0.2) is 11.3 Å². The molecule has 0 fully saturated rings. The Balaban J connectivity index is 1.96. The first-order valence-electron chi connectivity index (χ1n) is 7.61. The van der Waals surface area contributed by atoms with Crippen LogP contribution in [0.1, 0.15) is 18.4 Å². The number of hydrogen-bond acceptors (Lipinski definition) is 4. The number of benzene rings is 1. The highest BCUT2D eigenvalue weighted by atomic mass is 35.5. The molecule has 0 saturated heterocycles. The number of fused-ring (bicyclic) bond motifs is 1. The van der Waals surface area contributed by atoms with E-state index in [0.29, 0.717) is 34.7 Å². The Labute approximate surface area is 157 Å². The second kappa shape index (κ2) is 6.89. The number of alkyl halides is 3. The summed E-state index contributed by atoms with van der Waals surface area (Å²) in [5.74, 6) is 0.0377. The van der Waals surface area contributed by atoms with Crippen molar-refractivity contribution >= 4 is 45.4 Å². The van der Waals surface area contributed by atoms with Crippen LogP contribution in [0.25, 0.3) is 10.7 Å². The van der Waals surface area contributed by atoms with Crippen LogP contribution >= 0.6 is 23.2 Å². The van der Waals surface area contributed by atoms with Crippen LogP contribution in [0.15, 0.2) is 24.3 Å². The molecular formula is C17H14Cl2F3N3O. The molecule has 0 amide bonds. The Morgan fingerprint density at radius 1 is 1.19 bits per heavy atom. The summed E-state index contributed by atoms with van der Waals surface area (Å²) in [7, 11) is 0. The minimum absolute atomic E-state index is 0.176. The SMILES string of the molecule is Cc1cc2c(nc1Nc1ccc(OC(F)(F)F)c(Cl)c1)=C(Cl)CCC=2N. The predicted octanol–water partition coefficient (Wildman–Crippen LogP) is 3.89. The van der Waals surface area contributed by atoms with Crippen LogP contribution < -0.4 is 26.4 Å². The van der Waals surface area contributed by atoms with Crippen molar-refractivity contribution in [3.05, 3.63) is 45.4 Å². The zero-order valence-electron chi connectivity index (χ0n) is 13.5. The minimum Gasteiger partial charge on any atom is -0.404 e. The van der Waals surface area contributed by atoms with E-state index in [1.165, 1.54) is 12.1 Å². The van der Waals surface area contributed by atoms with Gasteiger partial charge >= 0.3 is 6.36 Å². The molecule has 1 aliphatic rings. The lowest BCUT2D eigenvalue weighted by Crippen LogP contribution is -2.37. The van der Waals surface area contributed by atoms with Gasteiger partial charge in [0.1, 0.15) is 11.6 Å². The van der Waals surface area contributed by atoms with Crippen LogP contribution in [0.4, 0.5) is 24.7 Å². The lowest BCUT2D eigenvalue weighted by atomic mass is 10.1. The number of nitrogens with two attached hydrogens (primary N) is 1. The third-order valence-electron chi connectivity index (χ3n) is 3.85. The third-order valence-corrected chi connectivity index (χ3v) is 4.51. The fourth-order valence-corrected chi connectivity index (χ4v) is 3.07. The van der Waals surface area contributed by atoms with E-state index in [1.54, 1.807) is 0 Å². The molecule has 138 valence electrons. The Morgan fingerprint density at radius 3 is 2.58 bits per heavy atom. The summed E-state index contributed by atoms with van der Waals surface area (Å²) < 4.78 is 40.8. The van der Waals surface area contributed by atoms with E-state index in [-0.39, 0.29) is 5.02 Å². The second-order valence-corrected chi connectivity index (χ2v) is 6.66. The molecule has 0 radical (unpaired) electrons. The summed E-state index contributed by atoms with van der Waals surface area (Å²) in [6.45, 7) is 1.84. The van der Waals surface area contributed by atoms with Gasteiger partial charge in [0.05, 0.1) is 10.4 Å². The van der Waals surface area contributed by atoms with Gasteiger partial charge in [-0.25, -0.2) is 4.98 Å². The summed E-state index contributed by atoms with van der Waals surface area (Å²) in [4.78, 5) is 4.52. The largest absolute Gasteiger partial charge is 0.573 e. The standard InChI is InChI=1S/C17H14Cl2F3N3O/c1-8-6-10-13(23)4-3-11(18)15(10)25-16(8)24-9-2-5-14(12(19)7-9)26-17(20,21)22/h2,5-7H,3-4,23H2,1H3,(H,24,25). The number of hydrogen-bond donors (Lipinski definition) is 2. The average Bonchev–Trinajstić information content (AvgIpc) is 2.54. The number of rotatable bonds is 3. The molecule has 0 atom stereocenters. The minimum atomic E-state index is -4.81. The maximum atomic E-state index is 12.3. The van der Waals surface area contributed by atoms with Gasteiger partial charge in [0.2, 0.25) is 0 Å². The molecule has 0 bridgehead atoms. The van der Waals surface area contributed by atoms with Gasteiger partial charge in [0, 0.05) is 21.6 Å². The number of nitrogens with zero attached hydrogens (tertiary/aromatic N) is 1. The molecule has 9 heteroatoms. The highest BCUT2D eigenvalue weighted by Crippen LogP contribution is 2.33. The summed E-state index contributed by atoms with van der Waals surface area (Å²) in [6.07, 6.45) is -3.51. The van der Waals surface area contributed by atoms with Gasteiger partial charge in [0.15, 0.2) is 0 Å². The van der Waals surface area contributed by atoms with Crippen molar-refractivity contribution in [2.24, 2.45) is 5.73 Å². The fourth-order valence-electron chi connectivity index (χ4n) is 2.61. The average molecular weight is 404 g/mol.